The van der Waals surface area contributed by atoms with E-state index in [9.17, 15) is 9.59 Å². The zero-order chi connectivity index (χ0) is 23.7. The standard InChI is InChI=1S/C26H20BrN3O4/c1-15-2-3-16-12-17(4-8-21(16)28-15)26(32)30-22-14-19(6-7-20(22)27)29-25(31)18-5-9-23-24(13-18)34-11-10-33-23/h2-9,12-14H,10-11H2,1H3,(H,29,31)(H,30,32). The molecule has 2 heterocycles. The molecule has 2 amide bonds. The van der Waals surface area contributed by atoms with Crippen molar-refractivity contribution < 1.29 is 19.1 Å². The van der Waals surface area contributed by atoms with E-state index in [4.69, 9.17) is 9.47 Å². The summed E-state index contributed by atoms with van der Waals surface area (Å²) in [6.07, 6.45) is 0. The molecule has 1 aromatic heterocycles. The average molecular weight is 518 g/mol. The Morgan fingerprint density at radius 1 is 0.824 bits per heavy atom. The number of carbonyl (C=O) groups excluding carboxylic acids is 2. The van der Waals surface area contributed by atoms with Crippen molar-refractivity contribution in [3.63, 3.8) is 0 Å². The number of benzene rings is 3. The Morgan fingerprint density at radius 2 is 1.56 bits per heavy atom. The van der Waals surface area contributed by atoms with E-state index in [2.05, 4.69) is 31.5 Å². The van der Waals surface area contributed by atoms with Gasteiger partial charge in [0.2, 0.25) is 0 Å². The lowest BCUT2D eigenvalue weighted by molar-refractivity contribution is 0.101. The Balaban J connectivity index is 1.33. The number of aryl methyl sites for hydroxylation is 1. The number of nitrogens with one attached hydrogen (secondary N) is 2. The highest BCUT2D eigenvalue weighted by Crippen LogP contribution is 2.31. The molecule has 0 radical (unpaired) electrons. The topological polar surface area (TPSA) is 89.6 Å². The molecule has 4 aromatic rings. The van der Waals surface area contributed by atoms with Crippen LogP contribution in [0.5, 0.6) is 11.5 Å². The van der Waals surface area contributed by atoms with Crippen LogP contribution >= 0.6 is 15.9 Å². The Bertz CT molecular complexity index is 1440. The van der Waals surface area contributed by atoms with Crippen LogP contribution in [0.4, 0.5) is 11.4 Å². The van der Waals surface area contributed by atoms with Crippen LogP contribution in [0.3, 0.4) is 0 Å². The highest BCUT2D eigenvalue weighted by Gasteiger charge is 2.16. The number of rotatable bonds is 4. The maximum atomic E-state index is 12.9. The summed E-state index contributed by atoms with van der Waals surface area (Å²) in [6, 6.07) is 19.5. The molecule has 0 saturated carbocycles. The number of hydrogen-bond acceptors (Lipinski definition) is 5. The van der Waals surface area contributed by atoms with Crippen molar-refractivity contribution in [2.24, 2.45) is 0 Å². The molecule has 0 unspecified atom stereocenters. The van der Waals surface area contributed by atoms with Crippen molar-refractivity contribution in [3.05, 3.63) is 88.0 Å². The average Bonchev–Trinajstić information content (AvgIpc) is 2.85. The van der Waals surface area contributed by atoms with Gasteiger partial charge in [-0.3, -0.25) is 14.6 Å². The van der Waals surface area contributed by atoms with E-state index in [0.717, 1.165) is 16.6 Å². The van der Waals surface area contributed by atoms with Gasteiger partial charge in [-0.1, -0.05) is 6.07 Å². The molecule has 0 spiro atoms. The highest BCUT2D eigenvalue weighted by atomic mass is 79.9. The number of amides is 2. The van der Waals surface area contributed by atoms with Crippen molar-refractivity contribution in [1.82, 2.24) is 4.98 Å². The predicted octanol–water partition coefficient (Wildman–Crippen LogP) is 5.58. The van der Waals surface area contributed by atoms with Crippen LogP contribution < -0.4 is 20.1 Å². The molecule has 0 fully saturated rings. The zero-order valence-electron chi connectivity index (χ0n) is 18.2. The fourth-order valence-corrected chi connectivity index (χ4v) is 4.00. The Hall–Kier alpha value is -3.91. The number of fused-ring (bicyclic) bond motifs is 2. The zero-order valence-corrected chi connectivity index (χ0v) is 19.8. The second-order valence-electron chi connectivity index (χ2n) is 7.82. The van der Waals surface area contributed by atoms with E-state index < -0.39 is 0 Å². The van der Waals surface area contributed by atoms with Crippen LogP contribution in [0, 0.1) is 6.92 Å². The minimum Gasteiger partial charge on any atom is -0.486 e. The van der Waals surface area contributed by atoms with Gasteiger partial charge in [0, 0.05) is 32.4 Å². The normalized spacial score (nSPS) is 12.3. The molecule has 34 heavy (non-hydrogen) atoms. The maximum Gasteiger partial charge on any atom is 0.255 e. The van der Waals surface area contributed by atoms with Gasteiger partial charge in [-0.2, -0.15) is 0 Å². The van der Waals surface area contributed by atoms with Crippen molar-refractivity contribution in [2.45, 2.75) is 6.92 Å². The second-order valence-corrected chi connectivity index (χ2v) is 8.68. The molecule has 7 nitrogen and oxygen atoms in total. The first-order valence-corrected chi connectivity index (χ1v) is 11.4. The number of nitrogens with zero attached hydrogens (tertiary/aromatic N) is 1. The third-order valence-electron chi connectivity index (χ3n) is 5.37. The van der Waals surface area contributed by atoms with Gasteiger partial charge in [0.1, 0.15) is 13.2 Å². The lowest BCUT2D eigenvalue weighted by Crippen LogP contribution is -2.17. The molecule has 8 heteroatoms. The van der Waals surface area contributed by atoms with Gasteiger partial charge in [-0.15, -0.1) is 0 Å². The monoisotopic (exact) mass is 517 g/mol. The van der Waals surface area contributed by atoms with Crippen molar-refractivity contribution in [1.29, 1.82) is 0 Å². The molecule has 5 rings (SSSR count). The third-order valence-corrected chi connectivity index (χ3v) is 6.06. The Kier molecular flexibility index (Phi) is 5.90. The fraction of sp³-hybridized carbons (Fsp3) is 0.115. The van der Waals surface area contributed by atoms with Gasteiger partial charge in [-0.05, 0) is 83.5 Å². The van der Waals surface area contributed by atoms with Gasteiger partial charge in [-0.25, -0.2) is 0 Å². The van der Waals surface area contributed by atoms with Gasteiger partial charge < -0.3 is 20.1 Å². The number of anilines is 2. The summed E-state index contributed by atoms with van der Waals surface area (Å²) in [5, 5.41) is 6.65. The molecule has 1 aliphatic heterocycles. The molecule has 0 bridgehead atoms. The smallest absolute Gasteiger partial charge is 0.255 e. The molecule has 0 aliphatic carbocycles. The summed E-state index contributed by atoms with van der Waals surface area (Å²) in [5.41, 5.74) is 3.78. The van der Waals surface area contributed by atoms with Crippen LogP contribution in [-0.4, -0.2) is 30.0 Å². The lowest BCUT2D eigenvalue weighted by atomic mass is 10.1. The molecular formula is C26H20BrN3O4. The first-order chi connectivity index (χ1) is 16.5. The van der Waals surface area contributed by atoms with Gasteiger partial charge >= 0.3 is 0 Å². The number of aromatic nitrogens is 1. The van der Waals surface area contributed by atoms with Crippen molar-refractivity contribution >= 4 is 50.0 Å². The summed E-state index contributed by atoms with van der Waals surface area (Å²) in [5.74, 6) is 0.604. The summed E-state index contributed by atoms with van der Waals surface area (Å²) < 4.78 is 11.7. The lowest BCUT2D eigenvalue weighted by Gasteiger charge is -2.18. The molecule has 1 aliphatic rings. The number of pyridine rings is 1. The van der Waals surface area contributed by atoms with E-state index >= 15 is 0 Å². The van der Waals surface area contributed by atoms with Crippen LogP contribution in [0.1, 0.15) is 26.4 Å². The van der Waals surface area contributed by atoms with E-state index in [1.54, 1.807) is 48.5 Å². The first-order valence-electron chi connectivity index (χ1n) is 10.7. The second kappa shape index (κ2) is 9.15. The summed E-state index contributed by atoms with van der Waals surface area (Å²) in [7, 11) is 0. The number of ether oxygens (including phenoxy) is 2. The number of hydrogen-bond donors (Lipinski definition) is 2. The Labute approximate surface area is 204 Å². The molecule has 0 saturated heterocycles. The van der Waals surface area contributed by atoms with Gasteiger partial charge in [0.05, 0.1) is 11.2 Å². The quantitative estimate of drug-likeness (QED) is 0.368. The predicted molar refractivity (Wildman–Crippen MR) is 134 cm³/mol. The largest absolute Gasteiger partial charge is 0.486 e. The van der Waals surface area contributed by atoms with E-state index in [-0.39, 0.29) is 11.8 Å². The van der Waals surface area contributed by atoms with Crippen LogP contribution in [-0.2, 0) is 0 Å². The van der Waals surface area contributed by atoms with E-state index in [1.807, 2.05) is 25.1 Å². The van der Waals surface area contributed by atoms with E-state index in [0.29, 0.717) is 51.7 Å². The van der Waals surface area contributed by atoms with Crippen molar-refractivity contribution in [3.8, 4) is 11.5 Å². The summed E-state index contributed by atoms with van der Waals surface area (Å²) >= 11 is 3.46. The Morgan fingerprint density at radius 3 is 2.41 bits per heavy atom. The molecule has 0 atom stereocenters. The summed E-state index contributed by atoms with van der Waals surface area (Å²) in [6.45, 7) is 2.86. The molecule has 3 aromatic carbocycles. The fourth-order valence-electron chi connectivity index (χ4n) is 3.65. The highest BCUT2D eigenvalue weighted by molar-refractivity contribution is 9.10. The summed E-state index contributed by atoms with van der Waals surface area (Å²) in [4.78, 5) is 30.1. The SMILES string of the molecule is Cc1ccc2cc(C(=O)Nc3cc(NC(=O)c4ccc5c(c4)OCCO5)ccc3Br)ccc2n1. The van der Waals surface area contributed by atoms with Gasteiger partial charge in [0.25, 0.3) is 11.8 Å². The van der Waals surface area contributed by atoms with Crippen molar-refractivity contribution in [2.75, 3.05) is 23.8 Å². The molecule has 2 N–H and O–H groups in total. The van der Waals surface area contributed by atoms with Gasteiger partial charge in [0.15, 0.2) is 11.5 Å². The minimum absolute atomic E-state index is 0.265. The van der Waals surface area contributed by atoms with Crippen LogP contribution in [0.25, 0.3) is 10.9 Å². The van der Waals surface area contributed by atoms with Crippen LogP contribution in [0.15, 0.2) is 71.2 Å². The number of carbonyl (C=O) groups is 2. The molecular weight excluding hydrogens is 498 g/mol. The third kappa shape index (κ3) is 4.58. The first kappa shape index (κ1) is 21.9. The maximum absolute atomic E-state index is 12.9. The van der Waals surface area contributed by atoms with E-state index in [1.165, 1.54) is 0 Å². The number of halogens is 1. The minimum atomic E-state index is -0.297. The molecule has 170 valence electrons. The van der Waals surface area contributed by atoms with Crippen LogP contribution in [0.2, 0.25) is 0 Å².